The van der Waals surface area contributed by atoms with Gasteiger partial charge in [0, 0.05) is 12.1 Å². The zero-order valence-electron chi connectivity index (χ0n) is 11.0. The zero-order chi connectivity index (χ0) is 12.1. The van der Waals surface area contributed by atoms with Crippen molar-refractivity contribution in [1.82, 2.24) is 10.2 Å². The van der Waals surface area contributed by atoms with E-state index in [-0.39, 0.29) is 0 Å². The topological polar surface area (TPSA) is 15.3 Å². The van der Waals surface area contributed by atoms with Crippen LogP contribution in [0.2, 0.25) is 0 Å². The largest absolute Gasteiger partial charge is 0.309 e. The van der Waals surface area contributed by atoms with E-state index in [2.05, 4.69) is 54.4 Å². The molecule has 0 radical (unpaired) electrons. The third kappa shape index (κ3) is 3.08. The Morgan fingerprint density at radius 1 is 1.18 bits per heavy atom. The van der Waals surface area contributed by atoms with Gasteiger partial charge in [0.2, 0.25) is 0 Å². The summed E-state index contributed by atoms with van der Waals surface area (Å²) in [5.74, 6) is 0. The van der Waals surface area contributed by atoms with Crippen molar-refractivity contribution in [3.05, 3.63) is 35.9 Å². The van der Waals surface area contributed by atoms with Crippen molar-refractivity contribution in [3.8, 4) is 0 Å². The summed E-state index contributed by atoms with van der Waals surface area (Å²) in [6.45, 7) is 8.09. The van der Waals surface area contributed by atoms with Crippen molar-refractivity contribution in [3.63, 3.8) is 0 Å². The van der Waals surface area contributed by atoms with Crippen LogP contribution in [0.25, 0.3) is 0 Å². The van der Waals surface area contributed by atoms with Crippen LogP contribution in [-0.4, -0.2) is 30.6 Å². The van der Waals surface area contributed by atoms with Crippen LogP contribution in [0.15, 0.2) is 30.3 Å². The van der Waals surface area contributed by atoms with Gasteiger partial charge in [0.25, 0.3) is 0 Å². The number of benzene rings is 1. The third-order valence-electron chi connectivity index (χ3n) is 3.78. The molecular formula is C15H24N2. The first-order valence-electron chi connectivity index (χ1n) is 6.85. The molecule has 0 bridgehead atoms. The van der Waals surface area contributed by atoms with Gasteiger partial charge in [-0.1, -0.05) is 37.3 Å². The summed E-state index contributed by atoms with van der Waals surface area (Å²) >= 11 is 0. The van der Waals surface area contributed by atoms with E-state index in [9.17, 15) is 0 Å². The Hall–Kier alpha value is -0.860. The molecule has 17 heavy (non-hydrogen) atoms. The van der Waals surface area contributed by atoms with E-state index in [0.717, 1.165) is 6.54 Å². The van der Waals surface area contributed by atoms with Gasteiger partial charge < -0.3 is 5.32 Å². The third-order valence-corrected chi connectivity index (χ3v) is 3.78. The molecule has 1 fully saturated rings. The maximum Gasteiger partial charge on any atom is 0.0475 e. The summed E-state index contributed by atoms with van der Waals surface area (Å²) in [7, 11) is 0. The Kier molecular flexibility index (Phi) is 4.57. The first-order valence-corrected chi connectivity index (χ1v) is 6.85. The zero-order valence-corrected chi connectivity index (χ0v) is 11.0. The Labute approximate surface area is 105 Å². The van der Waals surface area contributed by atoms with Crippen LogP contribution in [0.4, 0.5) is 0 Å². The monoisotopic (exact) mass is 232 g/mol. The molecule has 2 heteroatoms. The van der Waals surface area contributed by atoms with Gasteiger partial charge in [-0.15, -0.1) is 0 Å². The maximum atomic E-state index is 3.63. The molecule has 2 unspecified atom stereocenters. The molecule has 2 nitrogen and oxygen atoms in total. The molecule has 1 aliphatic rings. The van der Waals surface area contributed by atoms with Crippen LogP contribution < -0.4 is 5.32 Å². The highest BCUT2D eigenvalue weighted by Crippen LogP contribution is 2.23. The number of nitrogens with zero attached hydrogens (tertiary/aromatic N) is 1. The second kappa shape index (κ2) is 6.18. The minimum Gasteiger partial charge on any atom is -0.309 e. The molecule has 1 aliphatic heterocycles. The molecule has 0 spiro atoms. The maximum absolute atomic E-state index is 3.63. The molecule has 0 saturated carbocycles. The minimum atomic E-state index is 0.458. The Balaban J connectivity index is 2.10. The van der Waals surface area contributed by atoms with E-state index in [0.29, 0.717) is 12.1 Å². The van der Waals surface area contributed by atoms with Gasteiger partial charge in [0.15, 0.2) is 0 Å². The SMILES string of the molecule is CCNC(c1ccccc1)C(C)N1CCCC1. The molecule has 0 amide bonds. The molecular weight excluding hydrogens is 208 g/mol. The number of nitrogens with one attached hydrogen (secondary N) is 1. The lowest BCUT2D eigenvalue weighted by molar-refractivity contribution is 0.208. The van der Waals surface area contributed by atoms with Crippen molar-refractivity contribution in [2.75, 3.05) is 19.6 Å². The summed E-state index contributed by atoms with van der Waals surface area (Å²) in [6.07, 6.45) is 2.72. The Morgan fingerprint density at radius 3 is 2.41 bits per heavy atom. The highest BCUT2D eigenvalue weighted by Gasteiger charge is 2.25. The number of hydrogen-bond acceptors (Lipinski definition) is 2. The predicted octanol–water partition coefficient (Wildman–Crippen LogP) is 2.82. The van der Waals surface area contributed by atoms with Gasteiger partial charge >= 0.3 is 0 Å². The average Bonchev–Trinajstić information content (AvgIpc) is 2.90. The van der Waals surface area contributed by atoms with E-state index < -0.39 is 0 Å². The quantitative estimate of drug-likeness (QED) is 0.840. The summed E-state index contributed by atoms with van der Waals surface area (Å²) in [4.78, 5) is 2.61. The number of rotatable bonds is 5. The molecule has 1 saturated heterocycles. The molecule has 1 N–H and O–H groups in total. The van der Waals surface area contributed by atoms with Crippen molar-refractivity contribution in [1.29, 1.82) is 0 Å². The van der Waals surface area contributed by atoms with Crippen molar-refractivity contribution in [2.24, 2.45) is 0 Å². The summed E-state index contributed by atoms with van der Waals surface area (Å²) in [5, 5.41) is 3.63. The molecule has 2 atom stereocenters. The predicted molar refractivity (Wildman–Crippen MR) is 73.1 cm³/mol. The van der Waals surface area contributed by atoms with Crippen LogP contribution in [-0.2, 0) is 0 Å². The van der Waals surface area contributed by atoms with Crippen LogP contribution in [0, 0.1) is 0 Å². The van der Waals surface area contributed by atoms with Crippen LogP contribution in [0.3, 0.4) is 0 Å². The fourth-order valence-corrected chi connectivity index (χ4v) is 2.81. The Bertz CT molecular complexity index is 317. The van der Waals surface area contributed by atoms with Crippen molar-refractivity contribution in [2.45, 2.75) is 38.8 Å². The lowest BCUT2D eigenvalue weighted by atomic mass is 9.99. The van der Waals surface area contributed by atoms with Crippen LogP contribution in [0.1, 0.15) is 38.3 Å². The number of likely N-dealkylation sites (tertiary alicyclic amines) is 1. The second-order valence-corrected chi connectivity index (χ2v) is 4.93. The average molecular weight is 232 g/mol. The van der Waals surface area contributed by atoms with Crippen molar-refractivity contribution < 1.29 is 0 Å². The smallest absolute Gasteiger partial charge is 0.0475 e. The van der Waals surface area contributed by atoms with Gasteiger partial charge in [0.1, 0.15) is 0 Å². The van der Waals surface area contributed by atoms with Gasteiger partial charge in [-0.2, -0.15) is 0 Å². The van der Waals surface area contributed by atoms with E-state index in [1.54, 1.807) is 0 Å². The van der Waals surface area contributed by atoms with Gasteiger partial charge in [-0.3, -0.25) is 4.90 Å². The van der Waals surface area contributed by atoms with Crippen LogP contribution >= 0.6 is 0 Å². The number of hydrogen-bond donors (Lipinski definition) is 1. The molecule has 1 aromatic rings. The lowest BCUT2D eigenvalue weighted by Gasteiger charge is -2.32. The van der Waals surface area contributed by atoms with E-state index in [4.69, 9.17) is 0 Å². The summed E-state index contributed by atoms with van der Waals surface area (Å²) in [5.41, 5.74) is 1.41. The highest BCUT2D eigenvalue weighted by molar-refractivity contribution is 5.20. The molecule has 0 aromatic heterocycles. The fraction of sp³-hybridized carbons (Fsp3) is 0.600. The normalized spacial score (nSPS) is 20.4. The fourth-order valence-electron chi connectivity index (χ4n) is 2.81. The number of likely N-dealkylation sites (N-methyl/N-ethyl adjacent to an activating group) is 1. The van der Waals surface area contributed by atoms with Gasteiger partial charge in [-0.25, -0.2) is 0 Å². The Morgan fingerprint density at radius 2 is 1.82 bits per heavy atom. The lowest BCUT2D eigenvalue weighted by Crippen LogP contribution is -2.41. The van der Waals surface area contributed by atoms with E-state index in [1.165, 1.54) is 31.5 Å². The second-order valence-electron chi connectivity index (χ2n) is 4.93. The molecule has 1 heterocycles. The van der Waals surface area contributed by atoms with Gasteiger partial charge in [-0.05, 0) is 45.0 Å². The molecule has 0 aliphatic carbocycles. The summed E-state index contributed by atoms with van der Waals surface area (Å²) < 4.78 is 0. The highest BCUT2D eigenvalue weighted by atomic mass is 15.2. The van der Waals surface area contributed by atoms with Gasteiger partial charge in [0.05, 0.1) is 0 Å². The van der Waals surface area contributed by atoms with E-state index >= 15 is 0 Å². The molecule has 1 aromatic carbocycles. The molecule has 2 rings (SSSR count). The first-order chi connectivity index (χ1) is 8.33. The van der Waals surface area contributed by atoms with E-state index in [1.807, 2.05) is 0 Å². The van der Waals surface area contributed by atoms with Crippen LogP contribution in [0.5, 0.6) is 0 Å². The first kappa shape index (κ1) is 12.6. The molecule has 94 valence electrons. The standard InChI is InChI=1S/C15H24N2/c1-3-16-15(14-9-5-4-6-10-14)13(2)17-11-7-8-12-17/h4-6,9-10,13,15-16H,3,7-8,11-12H2,1-2H3. The summed E-state index contributed by atoms with van der Waals surface area (Å²) in [6, 6.07) is 11.9. The van der Waals surface area contributed by atoms with Crippen molar-refractivity contribution >= 4 is 0 Å². The minimum absolute atomic E-state index is 0.458.